The van der Waals surface area contributed by atoms with Gasteiger partial charge in [0.15, 0.2) is 0 Å². The summed E-state index contributed by atoms with van der Waals surface area (Å²) in [6.07, 6.45) is 0. The number of fused-ring (bicyclic) bond motifs is 9. The fraction of sp³-hybridized carbons (Fsp3) is 0. The first-order valence-corrected chi connectivity index (χ1v) is 10.2. The maximum absolute atomic E-state index is 11.7. The van der Waals surface area contributed by atoms with Crippen LogP contribution >= 0.6 is 0 Å². The predicted molar refractivity (Wildman–Crippen MR) is 128 cm³/mol. The van der Waals surface area contributed by atoms with Gasteiger partial charge in [-0.25, -0.2) is 9.59 Å². The second-order valence-electron chi connectivity index (χ2n) is 8.04. The van der Waals surface area contributed by atoms with Crippen molar-refractivity contribution in [1.82, 2.24) is 0 Å². The Hall–Kier alpha value is -4.44. The van der Waals surface area contributed by atoms with Crippen LogP contribution in [0.3, 0.4) is 0 Å². The van der Waals surface area contributed by atoms with Gasteiger partial charge >= 0.3 is 11.9 Å². The van der Waals surface area contributed by atoms with Gasteiger partial charge in [0.1, 0.15) is 0 Å². The van der Waals surface area contributed by atoms with Crippen molar-refractivity contribution in [2.24, 2.45) is 0 Å². The summed E-state index contributed by atoms with van der Waals surface area (Å²) in [5.74, 6) is -1.93. The van der Waals surface area contributed by atoms with Gasteiger partial charge in [-0.2, -0.15) is 0 Å². The number of benzene rings is 6. The van der Waals surface area contributed by atoms with Crippen LogP contribution in [0.4, 0.5) is 0 Å². The summed E-state index contributed by atoms with van der Waals surface area (Å²) >= 11 is 0. The lowest BCUT2D eigenvalue weighted by Crippen LogP contribution is -1.96. The molecule has 0 spiro atoms. The number of hydrogen-bond donors (Lipinski definition) is 2. The van der Waals surface area contributed by atoms with Gasteiger partial charge in [0.25, 0.3) is 0 Å². The highest BCUT2D eigenvalue weighted by Crippen LogP contribution is 2.39. The van der Waals surface area contributed by atoms with Gasteiger partial charge < -0.3 is 10.2 Å². The number of carboxylic acids is 2. The van der Waals surface area contributed by atoms with Crippen molar-refractivity contribution in [2.75, 3.05) is 0 Å². The van der Waals surface area contributed by atoms with Crippen LogP contribution in [0.1, 0.15) is 20.7 Å². The Bertz CT molecular complexity index is 1640. The van der Waals surface area contributed by atoms with Crippen LogP contribution in [-0.4, -0.2) is 22.2 Å². The highest BCUT2D eigenvalue weighted by Gasteiger charge is 2.14. The van der Waals surface area contributed by atoms with E-state index >= 15 is 0 Å². The Kier molecular flexibility index (Phi) is 3.74. The van der Waals surface area contributed by atoms with E-state index in [1.807, 2.05) is 48.5 Å². The van der Waals surface area contributed by atoms with Crippen LogP contribution < -0.4 is 0 Å². The van der Waals surface area contributed by atoms with E-state index in [-0.39, 0.29) is 11.1 Å². The van der Waals surface area contributed by atoms with Gasteiger partial charge in [-0.05, 0) is 78.1 Å². The Morgan fingerprint density at radius 3 is 1.12 bits per heavy atom. The smallest absolute Gasteiger partial charge is 0.335 e. The quantitative estimate of drug-likeness (QED) is 0.303. The first-order valence-electron chi connectivity index (χ1n) is 10.2. The Balaban J connectivity index is 1.93. The van der Waals surface area contributed by atoms with Crippen molar-refractivity contribution < 1.29 is 19.8 Å². The third-order valence-electron chi connectivity index (χ3n) is 6.27. The van der Waals surface area contributed by atoms with Crippen LogP contribution in [0.5, 0.6) is 0 Å². The molecule has 0 aliphatic carbocycles. The highest BCUT2D eigenvalue weighted by molar-refractivity contribution is 6.32. The van der Waals surface area contributed by atoms with Gasteiger partial charge in [0, 0.05) is 0 Å². The largest absolute Gasteiger partial charge is 0.478 e. The zero-order chi connectivity index (χ0) is 22.0. The molecule has 0 radical (unpaired) electrons. The van der Waals surface area contributed by atoms with Gasteiger partial charge in [-0.15, -0.1) is 0 Å². The molecule has 4 nitrogen and oxygen atoms in total. The molecule has 2 N–H and O–H groups in total. The molecule has 0 amide bonds. The number of hydrogen-bond acceptors (Lipinski definition) is 2. The molecule has 32 heavy (non-hydrogen) atoms. The minimum atomic E-state index is -0.967. The van der Waals surface area contributed by atoms with Crippen molar-refractivity contribution in [3.8, 4) is 0 Å². The van der Waals surface area contributed by atoms with Crippen LogP contribution in [0.25, 0.3) is 53.9 Å². The van der Waals surface area contributed by atoms with Crippen LogP contribution in [-0.2, 0) is 0 Å². The van der Waals surface area contributed by atoms with Crippen LogP contribution in [0.15, 0.2) is 84.9 Å². The van der Waals surface area contributed by atoms with E-state index in [4.69, 9.17) is 0 Å². The monoisotopic (exact) mass is 416 g/mol. The second-order valence-corrected chi connectivity index (χ2v) is 8.04. The van der Waals surface area contributed by atoms with E-state index in [0.717, 1.165) is 53.9 Å². The number of carbonyl (C=O) groups is 2. The summed E-state index contributed by atoms with van der Waals surface area (Å²) in [5.41, 5.74) is 0.473. The topological polar surface area (TPSA) is 74.6 Å². The van der Waals surface area contributed by atoms with E-state index in [0.29, 0.717) is 0 Å². The van der Waals surface area contributed by atoms with Gasteiger partial charge in [0.05, 0.1) is 11.1 Å². The van der Waals surface area contributed by atoms with Crippen LogP contribution in [0, 0.1) is 0 Å². The number of aromatic carboxylic acids is 2. The fourth-order valence-electron chi connectivity index (χ4n) is 4.77. The molecule has 0 heterocycles. The zero-order valence-electron chi connectivity index (χ0n) is 16.8. The van der Waals surface area contributed by atoms with Crippen molar-refractivity contribution in [1.29, 1.82) is 0 Å². The molecule has 4 heteroatoms. The van der Waals surface area contributed by atoms with E-state index in [1.54, 1.807) is 24.3 Å². The summed E-state index contributed by atoms with van der Waals surface area (Å²) in [4.78, 5) is 23.4. The molecule has 0 aromatic heterocycles. The standard InChI is InChI=1S/C28H16O4/c29-27(30)20-11-3-15-1-5-17-7-9-19-10-8-18-6-2-16-4-12-21(28(31)32)14-23(16)25(18)26(19)24(17)22(15)13-20/h1-14H,(H,29,30)(H,31,32). The minimum absolute atomic E-state index is 0.236. The third kappa shape index (κ3) is 2.56. The average Bonchev–Trinajstić information content (AvgIpc) is 2.82. The van der Waals surface area contributed by atoms with Crippen molar-refractivity contribution in [3.05, 3.63) is 96.1 Å². The number of carboxylic acid groups (broad SMARTS) is 2. The first-order chi connectivity index (χ1) is 15.5. The summed E-state index contributed by atoms with van der Waals surface area (Å²) in [6, 6.07) is 26.7. The summed E-state index contributed by atoms with van der Waals surface area (Å²) in [5, 5.41) is 28.8. The molecule has 152 valence electrons. The summed E-state index contributed by atoms with van der Waals surface area (Å²) < 4.78 is 0. The third-order valence-corrected chi connectivity index (χ3v) is 6.27. The maximum atomic E-state index is 11.7. The minimum Gasteiger partial charge on any atom is -0.478 e. The summed E-state index contributed by atoms with van der Waals surface area (Å²) in [7, 11) is 0. The average molecular weight is 416 g/mol. The molecular formula is C28H16O4. The zero-order valence-corrected chi connectivity index (χ0v) is 16.8. The lowest BCUT2D eigenvalue weighted by molar-refractivity contribution is 0.0686. The predicted octanol–water partition coefficient (Wildman–Crippen LogP) is 6.85. The number of rotatable bonds is 2. The van der Waals surface area contributed by atoms with Crippen molar-refractivity contribution >= 4 is 65.8 Å². The molecule has 0 saturated heterocycles. The SMILES string of the molecule is O=C(O)c1ccc2ccc3ccc4ccc5ccc6ccc(C(=O)O)cc6c5c4c3c2c1. The normalized spacial score (nSPS) is 11.6. The van der Waals surface area contributed by atoms with E-state index < -0.39 is 11.9 Å². The van der Waals surface area contributed by atoms with Crippen molar-refractivity contribution in [2.45, 2.75) is 0 Å². The Morgan fingerprint density at radius 2 is 0.750 bits per heavy atom. The van der Waals surface area contributed by atoms with Crippen molar-refractivity contribution in [3.63, 3.8) is 0 Å². The van der Waals surface area contributed by atoms with E-state index in [9.17, 15) is 19.8 Å². The molecule has 0 aliphatic heterocycles. The molecular weight excluding hydrogens is 400 g/mol. The van der Waals surface area contributed by atoms with E-state index in [2.05, 4.69) is 12.1 Å². The van der Waals surface area contributed by atoms with Gasteiger partial charge in [-0.3, -0.25) is 0 Å². The highest BCUT2D eigenvalue weighted by atomic mass is 16.4. The fourth-order valence-corrected chi connectivity index (χ4v) is 4.77. The van der Waals surface area contributed by atoms with Crippen LogP contribution in [0.2, 0.25) is 0 Å². The molecule has 6 aromatic carbocycles. The van der Waals surface area contributed by atoms with Gasteiger partial charge in [0.2, 0.25) is 0 Å². The first kappa shape index (κ1) is 18.3. The molecule has 0 atom stereocenters. The second kappa shape index (κ2) is 6.53. The molecule has 6 rings (SSSR count). The molecule has 0 saturated carbocycles. The van der Waals surface area contributed by atoms with Gasteiger partial charge in [-0.1, -0.05) is 60.7 Å². The molecule has 0 bridgehead atoms. The van der Waals surface area contributed by atoms with E-state index in [1.165, 1.54) is 0 Å². The Morgan fingerprint density at radius 1 is 0.438 bits per heavy atom. The Labute approximate surface area is 181 Å². The molecule has 6 aromatic rings. The summed E-state index contributed by atoms with van der Waals surface area (Å²) in [6.45, 7) is 0. The lowest BCUT2D eigenvalue weighted by atomic mass is 9.90. The maximum Gasteiger partial charge on any atom is 0.335 e. The molecule has 0 aliphatic rings. The molecule has 0 unspecified atom stereocenters. The molecule has 0 fully saturated rings. The lowest BCUT2D eigenvalue weighted by Gasteiger charge is -2.13.